The fraction of sp³-hybridized carbons (Fsp3) is 0.0667. The van der Waals surface area contributed by atoms with Gasteiger partial charge in [0.15, 0.2) is 0 Å². The van der Waals surface area contributed by atoms with Gasteiger partial charge >= 0.3 is 6.03 Å². The number of nitrogens with two attached hydrogens (primary N) is 1. The number of thiocarbonyl (C=S) groups is 1. The van der Waals surface area contributed by atoms with Crippen LogP contribution in [0.5, 0.6) is 0 Å². The van der Waals surface area contributed by atoms with Gasteiger partial charge in [-0.25, -0.2) is 9.18 Å². The normalized spacial score (nSPS) is 9.95. The molecule has 0 fully saturated rings. The number of hydrogen-bond acceptors (Lipinski definition) is 2. The number of nitrogens with one attached hydrogen (secondary N) is 2. The largest absolute Gasteiger partial charge is 0.389 e. The fourth-order valence-corrected chi connectivity index (χ4v) is 1.81. The zero-order chi connectivity index (χ0) is 15.2. The molecule has 0 spiro atoms. The molecule has 0 aliphatic carbocycles. The lowest BCUT2D eigenvalue weighted by molar-refractivity contribution is 0.251. The van der Waals surface area contributed by atoms with E-state index in [2.05, 4.69) is 10.6 Å². The minimum absolute atomic E-state index is 0.337. The topological polar surface area (TPSA) is 67.1 Å². The van der Waals surface area contributed by atoms with Crippen LogP contribution in [-0.4, -0.2) is 11.0 Å². The molecule has 21 heavy (non-hydrogen) atoms. The molecule has 2 rings (SSSR count). The SMILES string of the molecule is NC(=S)c1ccc(CNC(=O)Nc2ccc(F)cc2)cc1. The first-order valence-electron chi connectivity index (χ1n) is 6.24. The molecule has 6 heteroatoms. The summed E-state index contributed by atoms with van der Waals surface area (Å²) < 4.78 is 12.7. The van der Waals surface area contributed by atoms with E-state index < -0.39 is 0 Å². The maximum Gasteiger partial charge on any atom is 0.319 e. The molecule has 0 aliphatic heterocycles. The Bertz CT molecular complexity index is 641. The summed E-state index contributed by atoms with van der Waals surface area (Å²) in [7, 11) is 0. The van der Waals surface area contributed by atoms with E-state index >= 15 is 0 Å². The third kappa shape index (κ3) is 4.54. The summed E-state index contributed by atoms with van der Waals surface area (Å²) in [5.41, 5.74) is 7.74. The Kier molecular flexibility index (Phi) is 4.84. The van der Waals surface area contributed by atoms with Gasteiger partial charge in [0.1, 0.15) is 10.8 Å². The van der Waals surface area contributed by atoms with E-state index in [4.69, 9.17) is 18.0 Å². The van der Waals surface area contributed by atoms with E-state index in [0.29, 0.717) is 17.2 Å². The molecule has 0 saturated carbocycles. The Labute approximate surface area is 127 Å². The minimum atomic E-state index is -0.361. The van der Waals surface area contributed by atoms with Crippen LogP contribution in [0.4, 0.5) is 14.9 Å². The number of carbonyl (C=O) groups excluding carboxylic acids is 1. The van der Waals surface area contributed by atoms with Crippen molar-refractivity contribution in [3.05, 3.63) is 65.5 Å². The Morgan fingerprint density at radius 3 is 2.29 bits per heavy atom. The van der Waals surface area contributed by atoms with Gasteiger partial charge in [0.2, 0.25) is 0 Å². The van der Waals surface area contributed by atoms with Crippen LogP contribution >= 0.6 is 12.2 Å². The summed E-state index contributed by atoms with van der Waals surface area (Å²) in [4.78, 5) is 12.0. The number of urea groups is 1. The van der Waals surface area contributed by atoms with Gasteiger partial charge in [-0.1, -0.05) is 36.5 Å². The van der Waals surface area contributed by atoms with E-state index in [1.807, 2.05) is 12.1 Å². The summed E-state index contributed by atoms with van der Waals surface area (Å²) in [5.74, 6) is -0.348. The number of rotatable bonds is 4. The molecule has 4 nitrogen and oxygen atoms in total. The van der Waals surface area contributed by atoms with Crippen LogP contribution in [0.3, 0.4) is 0 Å². The number of benzene rings is 2. The predicted octanol–water partition coefficient (Wildman–Crippen LogP) is 2.78. The first kappa shape index (κ1) is 14.9. The molecule has 0 aliphatic rings. The molecule has 0 bridgehead atoms. The molecule has 0 radical (unpaired) electrons. The first-order valence-corrected chi connectivity index (χ1v) is 6.64. The highest BCUT2D eigenvalue weighted by Gasteiger charge is 2.02. The molecule has 108 valence electrons. The van der Waals surface area contributed by atoms with Crippen LogP contribution in [0.15, 0.2) is 48.5 Å². The predicted molar refractivity (Wildman–Crippen MR) is 84.6 cm³/mol. The van der Waals surface area contributed by atoms with E-state index in [1.165, 1.54) is 24.3 Å². The Morgan fingerprint density at radius 2 is 1.71 bits per heavy atom. The summed E-state index contributed by atoms with van der Waals surface area (Å²) >= 11 is 4.86. The Balaban J connectivity index is 1.86. The lowest BCUT2D eigenvalue weighted by Crippen LogP contribution is -2.28. The third-order valence-electron chi connectivity index (χ3n) is 2.79. The van der Waals surface area contributed by atoms with Crippen LogP contribution in [0.2, 0.25) is 0 Å². The second kappa shape index (κ2) is 6.81. The van der Waals surface area contributed by atoms with Gasteiger partial charge < -0.3 is 16.4 Å². The Hall–Kier alpha value is -2.47. The van der Waals surface area contributed by atoms with Crippen molar-refractivity contribution in [2.24, 2.45) is 5.73 Å². The summed E-state index contributed by atoms with van der Waals surface area (Å²) in [6.07, 6.45) is 0. The van der Waals surface area contributed by atoms with Crippen LogP contribution in [0.25, 0.3) is 0 Å². The van der Waals surface area contributed by atoms with Crippen molar-refractivity contribution in [2.45, 2.75) is 6.54 Å². The summed E-state index contributed by atoms with van der Waals surface area (Å²) in [6, 6.07) is 12.5. The first-order chi connectivity index (χ1) is 10.0. The third-order valence-corrected chi connectivity index (χ3v) is 3.03. The molecule has 2 aromatic rings. The van der Waals surface area contributed by atoms with Gasteiger partial charge in [-0.2, -0.15) is 0 Å². The summed E-state index contributed by atoms with van der Waals surface area (Å²) in [6.45, 7) is 0.366. The maximum atomic E-state index is 12.7. The number of carbonyl (C=O) groups is 1. The van der Waals surface area contributed by atoms with Crippen molar-refractivity contribution in [1.82, 2.24) is 5.32 Å². The molecule has 0 heterocycles. The standard InChI is InChI=1S/C15H14FN3OS/c16-12-5-7-13(8-6-12)19-15(20)18-9-10-1-3-11(4-2-10)14(17)21/h1-8H,9H2,(H2,17,21)(H2,18,19,20). The highest BCUT2D eigenvalue weighted by Crippen LogP contribution is 2.08. The van der Waals surface area contributed by atoms with Gasteiger partial charge in [0.25, 0.3) is 0 Å². The zero-order valence-electron chi connectivity index (χ0n) is 11.1. The second-order valence-corrected chi connectivity index (χ2v) is 4.82. The van der Waals surface area contributed by atoms with Crippen molar-refractivity contribution in [3.63, 3.8) is 0 Å². The quantitative estimate of drug-likeness (QED) is 0.761. The zero-order valence-corrected chi connectivity index (χ0v) is 11.9. The van der Waals surface area contributed by atoms with Gasteiger partial charge in [0, 0.05) is 17.8 Å². The van der Waals surface area contributed by atoms with E-state index in [0.717, 1.165) is 11.1 Å². The minimum Gasteiger partial charge on any atom is -0.389 e. The van der Waals surface area contributed by atoms with Crippen LogP contribution in [0, 0.1) is 5.82 Å². The lowest BCUT2D eigenvalue weighted by atomic mass is 10.1. The average molecular weight is 303 g/mol. The number of amides is 2. The number of hydrogen-bond donors (Lipinski definition) is 3. The van der Waals surface area contributed by atoms with Gasteiger partial charge in [-0.3, -0.25) is 0 Å². The van der Waals surface area contributed by atoms with E-state index in [-0.39, 0.29) is 11.8 Å². The van der Waals surface area contributed by atoms with Gasteiger partial charge in [-0.15, -0.1) is 0 Å². The highest BCUT2D eigenvalue weighted by molar-refractivity contribution is 7.80. The molecular formula is C15H14FN3OS. The van der Waals surface area contributed by atoms with Crippen molar-refractivity contribution in [3.8, 4) is 0 Å². The molecule has 4 N–H and O–H groups in total. The van der Waals surface area contributed by atoms with Gasteiger partial charge in [-0.05, 0) is 29.8 Å². The van der Waals surface area contributed by atoms with Crippen molar-refractivity contribution >= 4 is 28.9 Å². The van der Waals surface area contributed by atoms with Gasteiger partial charge in [0.05, 0.1) is 0 Å². The molecular weight excluding hydrogens is 289 g/mol. The van der Waals surface area contributed by atoms with E-state index in [1.54, 1.807) is 12.1 Å². The lowest BCUT2D eigenvalue weighted by Gasteiger charge is -2.08. The second-order valence-electron chi connectivity index (χ2n) is 4.38. The molecule has 2 aromatic carbocycles. The molecule has 0 atom stereocenters. The average Bonchev–Trinajstić information content (AvgIpc) is 2.48. The number of halogens is 1. The van der Waals surface area contributed by atoms with Crippen molar-refractivity contribution in [2.75, 3.05) is 5.32 Å². The van der Waals surface area contributed by atoms with Crippen LogP contribution in [-0.2, 0) is 6.54 Å². The smallest absolute Gasteiger partial charge is 0.319 e. The van der Waals surface area contributed by atoms with Crippen molar-refractivity contribution < 1.29 is 9.18 Å². The molecule has 0 aromatic heterocycles. The Morgan fingerprint density at radius 1 is 1.10 bits per heavy atom. The van der Waals surface area contributed by atoms with Crippen molar-refractivity contribution in [1.29, 1.82) is 0 Å². The molecule has 0 saturated heterocycles. The summed E-state index contributed by atoms with van der Waals surface area (Å²) in [5, 5.41) is 5.31. The van der Waals surface area contributed by atoms with Crippen LogP contribution < -0.4 is 16.4 Å². The van der Waals surface area contributed by atoms with E-state index in [9.17, 15) is 9.18 Å². The van der Waals surface area contributed by atoms with Crippen LogP contribution in [0.1, 0.15) is 11.1 Å². The molecule has 2 amide bonds. The number of anilines is 1. The fourth-order valence-electron chi connectivity index (χ4n) is 1.68. The highest BCUT2D eigenvalue weighted by atomic mass is 32.1. The maximum absolute atomic E-state index is 12.7. The molecule has 0 unspecified atom stereocenters. The monoisotopic (exact) mass is 303 g/mol.